The van der Waals surface area contributed by atoms with Crippen molar-refractivity contribution in [3.8, 4) is 28.1 Å². The first-order chi connectivity index (χ1) is 32.5. The van der Waals surface area contributed by atoms with Crippen molar-refractivity contribution in [3.05, 3.63) is 71.5 Å². The number of nitrogens with one attached hydrogen (secondary N) is 3. The fraction of sp³-hybridized carbons (Fsp3) is 0.538. The maximum atomic E-state index is 14.8. The molecule has 4 aliphatic heterocycles. The number of hydrazine groups is 1. The number of aromatic hydroxyl groups is 1. The minimum absolute atomic E-state index is 0.00847. The maximum Gasteiger partial charge on any atom is 0.324 e. The molecule has 0 unspecified atom stereocenters. The highest BCUT2D eigenvalue weighted by Crippen LogP contribution is 2.57. The van der Waals surface area contributed by atoms with Crippen LogP contribution >= 0.6 is 0 Å². The van der Waals surface area contributed by atoms with Crippen LogP contribution in [0.1, 0.15) is 90.2 Å². The number of phenolic OH excluding ortho intramolecular Hbond substituents is 1. The van der Waals surface area contributed by atoms with Gasteiger partial charge in [-0.3, -0.25) is 34.0 Å². The van der Waals surface area contributed by atoms with E-state index in [-0.39, 0.29) is 61.1 Å². The standard InChI is InChI=1S/C52H66N8O8/c1-9-58-42-15-14-32-24-37(42)38(45(58)36-12-10-17-53-43(36)30(4)67-8)26-51(5,6)28-68-49(65)39-13-11-18-60(56-39)48(64)40(22-31-20-33(32)23-35(61)21-31)55-46(62)44(29(2)3)57(7)50(66)52-25-34(52)16-19-59(52)47(63)41-27-54-41/h10,12,14-15,17,20-21,23-24,29-30,34,39-41,44,54,56,61H,9,11,13,16,18-19,22,25-28H2,1-8H3,(H,55,62)/t30-,34+,39-,40-,41+,44-,52-/m0/s1. The van der Waals surface area contributed by atoms with Gasteiger partial charge in [0.25, 0.3) is 5.91 Å². The molecule has 6 bridgehead atoms. The van der Waals surface area contributed by atoms with Crippen molar-refractivity contribution in [2.24, 2.45) is 17.3 Å². The first-order valence-corrected chi connectivity index (χ1v) is 24.3. The van der Waals surface area contributed by atoms with E-state index in [1.165, 1.54) is 9.91 Å². The molecule has 3 saturated heterocycles. The number of rotatable bonds is 10. The lowest BCUT2D eigenvalue weighted by Crippen LogP contribution is -2.63. The maximum absolute atomic E-state index is 14.8. The SMILES string of the molecule is CCn1c(-c2cccnc2[C@H](C)OC)c2c3cc(ccc31)-c1cc(O)cc(c1)C[C@H](NC(=O)[C@H](C(C)C)N(C)C(=O)[C@]13C[C@H]1CCN3C(=O)[C@H]1CN1)C(=O)N1CCC[C@H](N1)C(=O)OCC(C)(C)C2. The molecule has 16 nitrogen and oxygen atoms in total. The lowest BCUT2D eigenvalue weighted by Gasteiger charge is -2.38. The van der Waals surface area contributed by atoms with Gasteiger partial charge in [0.2, 0.25) is 17.7 Å². The number of likely N-dealkylation sites (N-methyl/N-ethyl adjacent to an activating group) is 1. The summed E-state index contributed by atoms with van der Waals surface area (Å²) in [6.07, 6.45) is 4.26. The number of nitrogens with zero attached hydrogens (tertiary/aromatic N) is 5. The van der Waals surface area contributed by atoms with Crippen LogP contribution in [-0.2, 0) is 52.8 Å². The number of phenols is 1. The summed E-state index contributed by atoms with van der Waals surface area (Å²) in [4.78, 5) is 79.4. The van der Waals surface area contributed by atoms with E-state index in [4.69, 9.17) is 14.5 Å². The minimum atomic E-state index is -1.17. The molecule has 1 aliphatic carbocycles. The zero-order valence-corrected chi connectivity index (χ0v) is 40.6. The van der Waals surface area contributed by atoms with Crippen LogP contribution in [-0.4, -0.2) is 129 Å². The summed E-state index contributed by atoms with van der Waals surface area (Å²) < 4.78 is 14.2. The summed E-state index contributed by atoms with van der Waals surface area (Å²) in [6.45, 7) is 14.1. The minimum Gasteiger partial charge on any atom is -0.508 e. The summed E-state index contributed by atoms with van der Waals surface area (Å²) in [7, 11) is 3.28. The highest BCUT2D eigenvalue weighted by molar-refractivity contribution is 6.00. The van der Waals surface area contributed by atoms with Gasteiger partial charge in [-0.2, -0.15) is 0 Å². The van der Waals surface area contributed by atoms with Crippen LogP contribution < -0.4 is 16.1 Å². The second kappa shape index (κ2) is 18.2. The summed E-state index contributed by atoms with van der Waals surface area (Å²) in [5, 5.41) is 19.9. The van der Waals surface area contributed by atoms with Crippen LogP contribution in [0.5, 0.6) is 5.75 Å². The van der Waals surface area contributed by atoms with Gasteiger partial charge in [-0.1, -0.05) is 39.8 Å². The number of amides is 4. The van der Waals surface area contributed by atoms with Gasteiger partial charge >= 0.3 is 5.97 Å². The smallest absolute Gasteiger partial charge is 0.324 e. The largest absolute Gasteiger partial charge is 0.508 e. The van der Waals surface area contributed by atoms with E-state index in [0.29, 0.717) is 50.9 Å². The second-order valence-corrected chi connectivity index (χ2v) is 20.7. The molecule has 5 aliphatic rings. The van der Waals surface area contributed by atoms with E-state index >= 15 is 0 Å². The first-order valence-electron chi connectivity index (χ1n) is 24.3. The van der Waals surface area contributed by atoms with E-state index in [0.717, 1.165) is 51.0 Å². The Kier molecular flexibility index (Phi) is 12.7. The zero-order chi connectivity index (χ0) is 48.4. The highest BCUT2D eigenvalue weighted by Gasteiger charge is 2.70. The number of aromatic nitrogens is 2. The molecule has 2 aromatic carbocycles. The van der Waals surface area contributed by atoms with Gasteiger partial charge in [-0.25, -0.2) is 5.43 Å². The third-order valence-electron chi connectivity index (χ3n) is 14.9. The Balaban J connectivity index is 1.11. The fourth-order valence-corrected chi connectivity index (χ4v) is 11.3. The molecule has 0 spiro atoms. The number of aryl methyl sites for hydroxylation is 1. The van der Waals surface area contributed by atoms with Gasteiger partial charge < -0.3 is 39.6 Å². The molecule has 1 saturated carbocycles. The molecule has 4 aromatic rings. The number of fused-ring (bicyclic) bond motifs is 7. The number of cyclic esters (lactones) is 1. The Morgan fingerprint density at radius 1 is 1.06 bits per heavy atom. The van der Waals surface area contributed by atoms with E-state index in [1.54, 1.807) is 37.4 Å². The molecule has 0 radical (unpaired) electrons. The molecule has 362 valence electrons. The van der Waals surface area contributed by atoms with Crippen LogP contribution in [0.3, 0.4) is 0 Å². The summed E-state index contributed by atoms with van der Waals surface area (Å²) in [5.41, 5.74) is 8.60. The number of methoxy groups -OCH3 is 1. The molecule has 4 N–H and O–H groups in total. The van der Waals surface area contributed by atoms with Gasteiger partial charge in [0, 0.05) is 74.8 Å². The van der Waals surface area contributed by atoms with Crippen LogP contribution in [0.25, 0.3) is 33.3 Å². The fourth-order valence-electron chi connectivity index (χ4n) is 11.3. The Morgan fingerprint density at radius 2 is 1.84 bits per heavy atom. The summed E-state index contributed by atoms with van der Waals surface area (Å²) in [6, 6.07) is 12.3. The average Bonchev–Trinajstić information content (AvgIpc) is 4.25. The lowest BCUT2D eigenvalue weighted by atomic mass is 9.84. The van der Waals surface area contributed by atoms with Crippen LogP contribution in [0.2, 0.25) is 0 Å². The van der Waals surface area contributed by atoms with E-state index in [9.17, 15) is 29.1 Å². The summed E-state index contributed by atoms with van der Waals surface area (Å²) >= 11 is 0. The molecule has 68 heavy (non-hydrogen) atoms. The van der Waals surface area contributed by atoms with E-state index in [2.05, 4.69) is 59.6 Å². The van der Waals surface area contributed by atoms with Gasteiger partial charge in [0.1, 0.15) is 29.4 Å². The lowest BCUT2D eigenvalue weighted by molar-refractivity contribution is -0.155. The predicted octanol–water partition coefficient (Wildman–Crippen LogP) is 4.90. The number of hydrogen-bond donors (Lipinski definition) is 4. The quantitative estimate of drug-likeness (QED) is 0.125. The first kappa shape index (κ1) is 47.2. The number of benzene rings is 2. The van der Waals surface area contributed by atoms with Crippen molar-refractivity contribution in [1.29, 1.82) is 0 Å². The molecule has 16 heteroatoms. The Morgan fingerprint density at radius 3 is 2.54 bits per heavy atom. The molecule has 6 heterocycles. The normalized spacial score (nSPS) is 25.3. The van der Waals surface area contributed by atoms with Crippen LogP contribution in [0.4, 0.5) is 0 Å². The van der Waals surface area contributed by atoms with Crippen molar-refractivity contribution in [2.45, 2.75) is 122 Å². The number of carbonyl (C=O) groups is 5. The highest BCUT2D eigenvalue weighted by atomic mass is 16.5. The number of esters is 1. The number of carbonyl (C=O) groups excluding carboxylic acids is 5. The van der Waals surface area contributed by atoms with Gasteiger partial charge in [-0.05, 0) is 116 Å². The van der Waals surface area contributed by atoms with Crippen molar-refractivity contribution in [1.82, 2.24) is 40.4 Å². The average molecular weight is 931 g/mol. The van der Waals surface area contributed by atoms with Crippen molar-refractivity contribution in [2.75, 3.05) is 40.4 Å². The Hall–Kier alpha value is -5.84. The number of hydrogen-bond acceptors (Lipinski definition) is 11. The third kappa shape index (κ3) is 8.63. The van der Waals surface area contributed by atoms with Gasteiger partial charge in [0.15, 0.2) is 0 Å². The molecule has 4 amide bonds. The van der Waals surface area contributed by atoms with Crippen molar-refractivity contribution < 1.29 is 38.6 Å². The molecular formula is C52H66N8O8. The van der Waals surface area contributed by atoms with Crippen molar-refractivity contribution >= 4 is 40.5 Å². The van der Waals surface area contributed by atoms with Gasteiger partial charge in [-0.15, -0.1) is 0 Å². The number of piperidine rings is 1. The second-order valence-electron chi connectivity index (χ2n) is 20.7. The molecular weight excluding hydrogens is 865 g/mol. The topological polar surface area (TPSA) is 198 Å². The monoisotopic (exact) mass is 931 g/mol. The Bertz CT molecular complexity index is 2660. The molecule has 4 fully saturated rings. The molecule has 2 aromatic heterocycles. The number of ether oxygens (including phenoxy) is 2. The van der Waals surface area contributed by atoms with Crippen LogP contribution in [0, 0.1) is 17.3 Å². The summed E-state index contributed by atoms with van der Waals surface area (Å²) in [5.74, 6) is -2.15. The molecule has 9 rings (SSSR count). The number of likely N-dealkylation sites (tertiary alicyclic amines) is 1. The van der Waals surface area contributed by atoms with Gasteiger partial charge in [0.05, 0.1) is 30.1 Å². The Labute approximate surface area is 398 Å². The van der Waals surface area contributed by atoms with E-state index in [1.807, 2.05) is 39.0 Å². The van der Waals surface area contributed by atoms with Crippen LogP contribution in [0.15, 0.2) is 54.7 Å². The van der Waals surface area contributed by atoms with E-state index < -0.39 is 46.9 Å². The molecule has 7 atom stereocenters. The zero-order valence-electron chi connectivity index (χ0n) is 40.6. The number of pyridine rings is 1. The van der Waals surface area contributed by atoms with Crippen molar-refractivity contribution in [3.63, 3.8) is 0 Å². The third-order valence-corrected chi connectivity index (χ3v) is 14.9. The predicted molar refractivity (Wildman–Crippen MR) is 256 cm³/mol.